The molecule has 0 aliphatic heterocycles. The van der Waals surface area contributed by atoms with Gasteiger partial charge in [-0.2, -0.15) is 0 Å². The van der Waals surface area contributed by atoms with Crippen molar-refractivity contribution in [1.82, 2.24) is 0 Å². The molecule has 0 fully saturated rings. The van der Waals surface area contributed by atoms with Crippen LogP contribution in [-0.4, -0.2) is 37.3 Å². The first-order valence-corrected chi connectivity index (χ1v) is 9.08. The van der Waals surface area contributed by atoms with Gasteiger partial charge < -0.3 is 14.2 Å². The molecule has 0 N–H and O–H groups in total. The van der Waals surface area contributed by atoms with Crippen LogP contribution in [0.15, 0.2) is 54.6 Å². The van der Waals surface area contributed by atoms with Gasteiger partial charge in [0.1, 0.15) is 18.8 Å². The van der Waals surface area contributed by atoms with Crippen molar-refractivity contribution in [2.45, 2.75) is 33.0 Å². The molecule has 2 aromatic rings. The monoisotopic (exact) mass is 399 g/mol. The average molecular weight is 399 g/mol. The number of carbonyl (C=O) groups is 3. The Morgan fingerprint density at radius 1 is 0.931 bits per heavy atom. The molecular formula is C22H25NO6. The van der Waals surface area contributed by atoms with Crippen molar-refractivity contribution in [3.63, 3.8) is 0 Å². The molecule has 0 spiro atoms. The van der Waals surface area contributed by atoms with Crippen molar-refractivity contribution in [1.29, 1.82) is 0 Å². The number of anilines is 1. The predicted octanol–water partition coefficient (Wildman–Crippen LogP) is 3.96. The first-order chi connectivity index (χ1) is 13.7. The SMILES string of the molecule is COC(=O)CN(C(=O)OC(C)(C)C)c1ccc(C(=O)OCc2ccccc2)cc1. The van der Waals surface area contributed by atoms with Gasteiger partial charge in [-0.05, 0) is 50.6 Å². The summed E-state index contributed by atoms with van der Waals surface area (Å²) in [6.07, 6.45) is -0.692. The van der Waals surface area contributed by atoms with E-state index >= 15 is 0 Å². The van der Waals surface area contributed by atoms with E-state index in [-0.39, 0.29) is 13.2 Å². The van der Waals surface area contributed by atoms with Crippen molar-refractivity contribution in [3.8, 4) is 0 Å². The van der Waals surface area contributed by atoms with E-state index in [4.69, 9.17) is 9.47 Å². The minimum atomic E-state index is -0.730. The molecule has 0 radical (unpaired) electrons. The average Bonchev–Trinajstić information content (AvgIpc) is 2.69. The Hall–Kier alpha value is -3.35. The van der Waals surface area contributed by atoms with Crippen molar-refractivity contribution in [3.05, 3.63) is 65.7 Å². The molecule has 29 heavy (non-hydrogen) atoms. The first-order valence-electron chi connectivity index (χ1n) is 9.08. The second-order valence-electron chi connectivity index (χ2n) is 7.25. The molecule has 2 aromatic carbocycles. The molecule has 7 heteroatoms. The summed E-state index contributed by atoms with van der Waals surface area (Å²) in [4.78, 5) is 37.6. The van der Waals surface area contributed by atoms with Crippen molar-refractivity contribution >= 4 is 23.7 Å². The van der Waals surface area contributed by atoms with Crippen LogP contribution in [0.2, 0.25) is 0 Å². The summed E-state index contributed by atoms with van der Waals surface area (Å²) in [5.74, 6) is -1.08. The summed E-state index contributed by atoms with van der Waals surface area (Å²) in [5.41, 5.74) is 0.870. The second kappa shape index (κ2) is 9.73. The molecule has 154 valence electrons. The third-order valence-corrected chi connectivity index (χ3v) is 3.76. The van der Waals surface area contributed by atoms with Gasteiger partial charge in [-0.15, -0.1) is 0 Å². The maximum atomic E-state index is 12.5. The molecule has 0 aliphatic carbocycles. The topological polar surface area (TPSA) is 82.1 Å². The Labute approximate surface area is 170 Å². The molecule has 0 aromatic heterocycles. The predicted molar refractivity (Wildman–Crippen MR) is 108 cm³/mol. The number of ether oxygens (including phenoxy) is 3. The minimum Gasteiger partial charge on any atom is -0.468 e. The number of benzene rings is 2. The molecular weight excluding hydrogens is 374 g/mol. The van der Waals surface area contributed by atoms with Gasteiger partial charge in [0.25, 0.3) is 0 Å². The maximum Gasteiger partial charge on any atom is 0.415 e. The highest BCUT2D eigenvalue weighted by Crippen LogP contribution is 2.20. The first kappa shape index (κ1) is 21.9. The third-order valence-electron chi connectivity index (χ3n) is 3.76. The van der Waals surface area contributed by atoms with Crippen molar-refractivity contribution in [2.24, 2.45) is 0 Å². The van der Waals surface area contributed by atoms with Crippen LogP contribution >= 0.6 is 0 Å². The van der Waals surface area contributed by atoms with Crippen LogP contribution in [0, 0.1) is 0 Å². The largest absolute Gasteiger partial charge is 0.468 e. The molecule has 1 amide bonds. The number of rotatable bonds is 6. The molecule has 0 aliphatic rings. The number of esters is 2. The lowest BCUT2D eigenvalue weighted by Gasteiger charge is -2.26. The van der Waals surface area contributed by atoms with Gasteiger partial charge in [-0.1, -0.05) is 30.3 Å². The Bertz CT molecular complexity index is 840. The molecule has 0 unspecified atom stereocenters. The quantitative estimate of drug-likeness (QED) is 0.540. The van der Waals surface area contributed by atoms with Gasteiger partial charge >= 0.3 is 18.0 Å². The summed E-state index contributed by atoms with van der Waals surface area (Å²) in [6, 6.07) is 15.5. The molecule has 2 rings (SSSR count). The summed E-state index contributed by atoms with van der Waals surface area (Å²) in [5, 5.41) is 0. The lowest BCUT2D eigenvalue weighted by atomic mass is 10.2. The van der Waals surface area contributed by atoms with Gasteiger partial charge in [0.2, 0.25) is 0 Å². The summed E-state index contributed by atoms with van der Waals surface area (Å²) in [7, 11) is 1.24. The van der Waals surface area contributed by atoms with Crippen LogP contribution in [-0.2, 0) is 25.6 Å². The lowest BCUT2D eigenvalue weighted by molar-refractivity contribution is -0.139. The minimum absolute atomic E-state index is 0.161. The Kier molecular flexibility index (Phi) is 7.36. The van der Waals surface area contributed by atoms with E-state index in [9.17, 15) is 14.4 Å². The van der Waals surface area contributed by atoms with Gasteiger partial charge in [-0.25, -0.2) is 9.59 Å². The highest BCUT2D eigenvalue weighted by atomic mass is 16.6. The summed E-state index contributed by atoms with van der Waals surface area (Å²) in [6.45, 7) is 5.03. The molecule has 0 bridgehead atoms. The van der Waals surface area contributed by atoms with Crippen LogP contribution in [0.5, 0.6) is 0 Å². The number of carbonyl (C=O) groups excluding carboxylic acids is 3. The normalized spacial score (nSPS) is 10.8. The van der Waals surface area contributed by atoms with Crippen LogP contribution in [0.1, 0.15) is 36.7 Å². The summed E-state index contributed by atoms with van der Waals surface area (Å²) < 4.78 is 15.3. The van der Waals surface area contributed by atoms with Crippen LogP contribution in [0.3, 0.4) is 0 Å². The van der Waals surface area contributed by atoms with Crippen LogP contribution < -0.4 is 4.90 Å². The smallest absolute Gasteiger partial charge is 0.415 e. The molecule has 0 saturated carbocycles. The lowest BCUT2D eigenvalue weighted by Crippen LogP contribution is -2.40. The van der Waals surface area contributed by atoms with Crippen LogP contribution in [0.4, 0.5) is 10.5 Å². The van der Waals surface area contributed by atoms with Gasteiger partial charge in [-0.3, -0.25) is 9.69 Å². The van der Waals surface area contributed by atoms with E-state index in [1.807, 2.05) is 30.3 Å². The number of nitrogens with zero attached hydrogens (tertiary/aromatic N) is 1. The fraction of sp³-hybridized carbons (Fsp3) is 0.318. The fourth-order valence-corrected chi connectivity index (χ4v) is 2.36. The number of amides is 1. The number of hydrogen-bond donors (Lipinski definition) is 0. The molecule has 0 atom stereocenters. The molecule has 0 saturated heterocycles. The zero-order chi connectivity index (χ0) is 21.4. The van der Waals surface area contributed by atoms with Crippen LogP contribution in [0.25, 0.3) is 0 Å². The molecule has 0 heterocycles. The van der Waals surface area contributed by atoms with E-state index in [1.165, 1.54) is 19.2 Å². The standard InChI is InChI=1S/C22H25NO6/c1-22(2,3)29-21(26)23(14-19(24)27-4)18-12-10-17(11-13-18)20(25)28-15-16-8-6-5-7-9-16/h5-13H,14-15H2,1-4H3. The number of methoxy groups -OCH3 is 1. The van der Waals surface area contributed by atoms with Crippen molar-refractivity contribution < 1.29 is 28.6 Å². The second-order valence-corrected chi connectivity index (χ2v) is 7.25. The Balaban J connectivity index is 2.11. The van der Waals surface area contributed by atoms with E-state index < -0.39 is 23.6 Å². The Morgan fingerprint density at radius 3 is 2.10 bits per heavy atom. The zero-order valence-corrected chi connectivity index (χ0v) is 17.0. The molecule has 7 nitrogen and oxygen atoms in total. The van der Waals surface area contributed by atoms with Gasteiger partial charge in [0.05, 0.1) is 12.7 Å². The van der Waals surface area contributed by atoms with Gasteiger partial charge in [0.15, 0.2) is 0 Å². The maximum absolute atomic E-state index is 12.5. The van der Waals surface area contributed by atoms with Crippen molar-refractivity contribution in [2.75, 3.05) is 18.6 Å². The Morgan fingerprint density at radius 2 is 1.55 bits per heavy atom. The van der Waals surface area contributed by atoms with E-state index in [0.29, 0.717) is 11.3 Å². The zero-order valence-electron chi connectivity index (χ0n) is 17.0. The third kappa shape index (κ3) is 6.95. The van der Waals surface area contributed by atoms with E-state index in [0.717, 1.165) is 10.5 Å². The van der Waals surface area contributed by atoms with Gasteiger partial charge in [0, 0.05) is 5.69 Å². The van der Waals surface area contributed by atoms with E-state index in [1.54, 1.807) is 32.9 Å². The highest BCUT2D eigenvalue weighted by molar-refractivity contribution is 5.95. The fourth-order valence-electron chi connectivity index (χ4n) is 2.36. The number of hydrogen-bond acceptors (Lipinski definition) is 6. The summed E-state index contributed by atoms with van der Waals surface area (Å²) >= 11 is 0. The van der Waals surface area contributed by atoms with E-state index in [2.05, 4.69) is 4.74 Å². The highest BCUT2D eigenvalue weighted by Gasteiger charge is 2.26.